The summed E-state index contributed by atoms with van der Waals surface area (Å²) in [6, 6.07) is 10.4. The molecule has 10 heteroatoms. The highest BCUT2D eigenvalue weighted by Gasteiger charge is 2.32. The number of benzene rings is 1. The van der Waals surface area contributed by atoms with E-state index in [9.17, 15) is 18.0 Å². The fourth-order valence-corrected chi connectivity index (χ4v) is 3.44. The topological polar surface area (TPSA) is 72.7 Å². The van der Waals surface area contributed by atoms with Gasteiger partial charge in [0.15, 0.2) is 11.0 Å². The minimum Gasteiger partial charge on any atom is -0.325 e. The van der Waals surface area contributed by atoms with Gasteiger partial charge >= 0.3 is 6.18 Å². The maximum absolute atomic E-state index is 13.1. The van der Waals surface area contributed by atoms with E-state index in [0.717, 1.165) is 21.9 Å². The Balaban J connectivity index is 1.82. The summed E-state index contributed by atoms with van der Waals surface area (Å²) in [5.41, 5.74) is 2.06. The van der Waals surface area contributed by atoms with Crippen LogP contribution in [-0.4, -0.2) is 37.1 Å². The molecule has 2 heterocycles. The Morgan fingerprint density at radius 1 is 1.21 bits per heavy atom. The van der Waals surface area contributed by atoms with Crippen LogP contribution in [0.5, 0.6) is 0 Å². The molecule has 152 valence electrons. The Hall–Kier alpha value is -2.88. The molecule has 0 radical (unpaired) electrons. The van der Waals surface area contributed by atoms with Gasteiger partial charge in [-0.3, -0.25) is 14.3 Å². The lowest BCUT2D eigenvalue weighted by atomic mass is 10.2. The van der Waals surface area contributed by atoms with Gasteiger partial charge in [0, 0.05) is 23.6 Å². The van der Waals surface area contributed by atoms with Gasteiger partial charge < -0.3 is 5.32 Å². The summed E-state index contributed by atoms with van der Waals surface area (Å²) in [6.07, 6.45) is -1.54. The summed E-state index contributed by atoms with van der Waals surface area (Å²) in [5, 5.41) is 9.90. The standard InChI is InChI=1S/C19H18F3N5OS/c1-12-4-3-5-15(10-12)24-17(28)13(2)29-18-26-25-16(14-6-8-23-9-7-14)27(18)11-19(20,21)22/h3-10,13H,11H2,1-2H3,(H,24,28). The van der Waals surface area contributed by atoms with Gasteiger partial charge in [-0.25, -0.2) is 0 Å². The number of halogens is 3. The average molecular weight is 421 g/mol. The van der Waals surface area contributed by atoms with Crippen LogP contribution in [0.4, 0.5) is 18.9 Å². The van der Waals surface area contributed by atoms with Gasteiger partial charge in [0.05, 0.1) is 5.25 Å². The number of carbonyl (C=O) groups excluding carboxylic acids is 1. The number of aryl methyl sites for hydroxylation is 1. The number of thioether (sulfide) groups is 1. The van der Waals surface area contributed by atoms with Crippen LogP contribution in [0.2, 0.25) is 0 Å². The van der Waals surface area contributed by atoms with Crippen LogP contribution in [-0.2, 0) is 11.3 Å². The van der Waals surface area contributed by atoms with Gasteiger partial charge in [0.1, 0.15) is 6.54 Å². The molecular weight excluding hydrogens is 403 g/mol. The third-order valence-corrected chi connectivity index (χ3v) is 5.01. The maximum Gasteiger partial charge on any atom is 0.406 e. The number of pyridine rings is 1. The van der Waals surface area contributed by atoms with Crippen molar-refractivity contribution >= 4 is 23.4 Å². The number of nitrogens with zero attached hydrogens (tertiary/aromatic N) is 4. The Morgan fingerprint density at radius 3 is 2.59 bits per heavy atom. The van der Waals surface area contributed by atoms with Crippen LogP contribution in [0.3, 0.4) is 0 Å². The first-order valence-electron chi connectivity index (χ1n) is 8.67. The third kappa shape index (κ3) is 5.57. The first kappa shape index (κ1) is 20.8. The predicted octanol–water partition coefficient (Wildman–Crippen LogP) is 4.33. The Morgan fingerprint density at radius 2 is 1.93 bits per heavy atom. The zero-order valence-corrected chi connectivity index (χ0v) is 16.5. The van der Waals surface area contributed by atoms with Crippen LogP contribution in [0.1, 0.15) is 12.5 Å². The molecule has 1 atom stereocenters. The molecule has 29 heavy (non-hydrogen) atoms. The molecule has 0 fully saturated rings. The van der Waals surface area contributed by atoms with E-state index >= 15 is 0 Å². The number of alkyl halides is 3. The first-order chi connectivity index (χ1) is 13.7. The summed E-state index contributed by atoms with van der Waals surface area (Å²) < 4.78 is 40.4. The first-order valence-corrected chi connectivity index (χ1v) is 9.55. The Labute approximate surface area is 169 Å². The van der Waals surface area contributed by atoms with Crippen molar-refractivity contribution in [2.24, 2.45) is 0 Å². The summed E-state index contributed by atoms with van der Waals surface area (Å²) in [6.45, 7) is 2.24. The minimum atomic E-state index is -4.47. The highest BCUT2D eigenvalue weighted by Crippen LogP contribution is 2.30. The molecular formula is C19H18F3N5OS. The number of rotatable bonds is 6. The minimum absolute atomic E-state index is 0.0148. The second-order valence-corrected chi connectivity index (χ2v) is 7.67. The largest absolute Gasteiger partial charge is 0.406 e. The lowest BCUT2D eigenvalue weighted by Crippen LogP contribution is -2.24. The molecule has 6 nitrogen and oxygen atoms in total. The number of amides is 1. The molecule has 1 amide bonds. The Kier molecular flexibility index (Phi) is 6.21. The fourth-order valence-electron chi connectivity index (χ4n) is 2.59. The summed E-state index contributed by atoms with van der Waals surface area (Å²) in [4.78, 5) is 16.3. The van der Waals surface area contributed by atoms with Crippen LogP contribution in [0, 0.1) is 6.92 Å². The molecule has 0 bridgehead atoms. The van der Waals surface area contributed by atoms with Crippen molar-refractivity contribution in [3.63, 3.8) is 0 Å². The van der Waals surface area contributed by atoms with E-state index in [1.54, 1.807) is 25.1 Å². The maximum atomic E-state index is 13.1. The predicted molar refractivity (Wildman–Crippen MR) is 104 cm³/mol. The van der Waals surface area contributed by atoms with Crippen LogP contribution < -0.4 is 5.32 Å². The molecule has 3 rings (SSSR count). The van der Waals surface area contributed by atoms with Gasteiger partial charge in [-0.2, -0.15) is 13.2 Å². The SMILES string of the molecule is Cc1cccc(NC(=O)C(C)Sc2nnc(-c3ccncc3)n2CC(F)(F)F)c1. The number of nitrogens with one attached hydrogen (secondary N) is 1. The van der Waals surface area contributed by atoms with Crippen molar-refractivity contribution < 1.29 is 18.0 Å². The summed E-state index contributed by atoms with van der Waals surface area (Å²) >= 11 is 0.920. The molecule has 0 aliphatic heterocycles. The molecule has 3 aromatic rings. The van der Waals surface area contributed by atoms with Crippen LogP contribution in [0.25, 0.3) is 11.4 Å². The number of hydrogen-bond acceptors (Lipinski definition) is 5. The lowest BCUT2D eigenvalue weighted by Gasteiger charge is -2.15. The quantitative estimate of drug-likeness (QED) is 0.600. The smallest absolute Gasteiger partial charge is 0.325 e. The highest BCUT2D eigenvalue weighted by atomic mass is 32.2. The van der Waals surface area contributed by atoms with Gasteiger partial charge in [-0.1, -0.05) is 23.9 Å². The molecule has 0 saturated heterocycles. The number of hydrogen-bond donors (Lipinski definition) is 1. The number of aromatic nitrogens is 4. The van der Waals surface area contributed by atoms with E-state index in [1.165, 1.54) is 12.4 Å². The van der Waals surface area contributed by atoms with Crippen LogP contribution in [0.15, 0.2) is 53.9 Å². The Bertz CT molecular complexity index is 991. The van der Waals surface area contributed by atoms with Gasteiger partial charge in [-0.15, -0.1) is 10.2 Å². The van der Waals surface area contributed by atoms with Crippen molar-refractivity contribution in [3.05, 3.63) is 54.4 Å². The molecule has 0 aliphatic rings. The normalized spacial score (nSPS) is 12.6. The molecule has 0 spiro atoms. The van der Waals surface area contributed by atoms with Crippen molar-refractivity contribution in [3.8, 4) is 11.4 Å². The molecule has 0 aliphatic carbocycles. The molecule has 1 unspecified atom stereocenters. The fraction of sp³-hybridized carbons (Fsp3) is 0.263. The van der Waals surface area contributed by atoms with Crippen LogP contribution >= 0.6 is 11.8 Å². The van der Waals surface area contributed by atoms with E-state index in [1.807, 2.05) is 25.1 Å². The van der Waals surface area contributed by atoms with Crippen molar-refractivity contribution in [2.75, 3.05) is 5.32 Å². The summed E-state index contributed by atoms with van der Waals surface area (Å²) in [5.74, 6) is -0.272. The number of anilines is 1. The molecule has 0 saturated carbocycles. The summed E-state index contributed by atoms with van der Waals surface area (Å²) in [7, 11) is 0. The van der Waals surface area contributed by atoms with Crippen molar-refractivity contribution in [1.29, 1.82) is 0 Å². The lowest BCUT2D eigenvalue weighted by molar-refractivity contribution is -0.141. The van der Waals surface area contributed by atoms with E-state index in [2.05, 4.69) is 20.5 Å². The monoisotopic (exact) mass is 421 g/mol. The zero-order valence-electron chi connectivity index (χ0n) is 15.6. The van der Waals surface area contributed by atoms with E-state index in [0.29, 0.717) is 11.3 Å². The van der Waals surface area contributed by atoms with E-state index in [-0.39, 0.29) is 16.9 Å². The molecule has 1 N–H and O–H groups in total. The van der Waals surface area contributed by atoms with Gasteiger partial charge in [-0.05, 0) is 43.7 Å². The van der Waals surface area contributed by atoms with Crippen molar-refractivity contribution in [2.45, 2.75) is 37.0 Å². The second-order valence-electron chi connectivity index (χ2n) is 6.36. The molecule has 1 aromatic carbocycles. The van der Waals surface area contributed by atoms with Gasteiger partial charge in [0.25, 0.3) is 0 Å². The molecule has 2 aromatic heterocycles. The second kappa shape index (κ2) is 8.64. The number of carbonyl (C=O) groups is 1. The zero-order chi connectivity index (χ0) is 21.0. The van der Waals surface area contributed by atoms with Gasteiger partial charge in [0.2, 0.25) is 5.91 Å². The van der Waals surface area contributed by atoms with E-state index in [4.69, 9.17) is 0 Å². The third-order valence-electron chi connectivity index (χ3n) is 3.93. The highest BCUT2D eigenvalue weighted by molar-refractivity contribution is 8.00. The average Bonchev–Trinajstić information content (AvgIpc) is 3.03. The van der Waals surface area contributed by atoms with Crippen molar-refractivity contribution in [1.82, 2.24) is 19.7 Å². The van der Waals surface area contributed by atoms with E-state index < -0.39 is 18.0 Å².